The van der Waals surface area contributed by atoms with Crippen molar-refractivity contribution >= 4 is 0 Å². The largest absolute Gasteiger partial charge is 0.372 e. The van der Waals surface area contributed by atoms with Gasteiger partial charge < -0.3 is 4.74 Å². The zero-order chi connectivity index (χ0) is 10.7. The van der Waals surface area contributed by atoms with Gasteiger partial charge in [0.25, 0.3) is 0 Å². The molecule has 1 aliphatic rings. The highest BCUT2D eigenvalue weighted by Gasteiger charge is 2.27. The molecule has 15 heavy (non-hydrogen) atoms. The summed E-state index contributed by atoms with van der Waals surface area (Å²) in [5.41, 5.74) is 2.36. The molecule has 2 nitrogen and oxygen atoms in total. The summed E-state index contributed by atoms with van der Waals surface area (Å²) >= 11 is 0. The van der Waals surface area contributed by atoms with Crippen molar-refractivity contribution in [3.8, 4) is 6.07 Å². The van der Waals surface area contributed by atoms with Crippen molar-refractivity contribution in [3.05, 3.63) is 35.4 Å². The topological polar surface area (TPSA) is 33.0 Å². The highest BCUT2D eigenvalue weighted by molar-refractivity contribution is 5.26. The Morgan fingerprint density at radius 3 is 3.07 bits per heavy atom. The third-order valence-corrected chi connectivity index (χ3v) is 2.86. The van der Waals surface area contributed by atoms with Gasteiger partial charge in [-0.3, -0.25) is 0 Å². The molecule has 78 valence electrons. The minimum Gasteiger partial charge on any atom is -0.372 e. The average Bonchev–Trinajstić information content (AvgIpc) is 2.29. The van der Waals surface area contributed by atoms with Crippen LogP contribution >= 0.6 is 0 Å². The molecule has 2 heteroatoms. The molecule has 1 aliphatic heterocycles. The van der Waals surface area contributed by atoms with Crippen LogP contribution in [0.5, 0.6) is 0 Å². The number of benzene rings is 1. The number of nitriles is 1. The van der Waals surface area contributed by atoms with Gasteiger partial charge in [-0.25, -0.2) is 0 Å². The first-order valence-electron chi connectivity index (χ1n) is 5.39. The summed E-state index contributed by atoms with van der Waals surface area (Å²) < 4.78 is 5.70. The lowest BCUT2D eigenvalue weighted by molar-refractivity contribution is -0.0102. The first-order valence-corrected chi connectivity index (χ1v) is 5.39. The van der Waals surface area contributed by atoms with E-state index < -0.39 is 0 Å². The fourth-order valence-electron chi connectivity index (χ4n) is 2.09. The van der Waals surface area contributed by atoms with E-state index >= 15 is 0 Å². The Hall–Kier alpha value is -1.33. The van der Waals surface area contributed by atoms with Crippen molar-refractivity contribution in [1.82, 2.24) is 0 Å². The van der Waals surface area contributed by atoms with E-state index in [0.717, 1.165) is 25.0 Å². The second kappa shape index (κ2) is 4.46. The van der Waals surface area contributed by atoms with E-state index in [1.54, 1.807) is 0 Å². The van der Waals surface area contributed by atoms with E-state index in [-0.39, 0.29) is 12.0 Å². The number of hydrogen-bond acceptors (Lipinski definition) is 2. The fraction of sp³-hybridized carbons (Fsp3) is 0.462. The monoisotopic (exact) mass is 201 g/mol. The van der Waals surface area contributed by atoms with Crippen LogP contribution in [0.25, 0.3) is 0 Å². The number of ether oxygens (including phenoxy) is 1. The standard InChI is InChI=1S/C13H15NO/c1-10-4-2-5-11(8-10)13-12(9-14)6-3-7-15-13/h2,4-5,8,12-13H,3,6-7H2,1H3. The van der Waals surface area contributed by atoms with Crippen molar-refractivity contribution in [2.75, 3.05) is 6.61 Å². The van der Waals surface area contributed by atoms with E-state index in [0.29, 0.717) is 0 Å². The third-order valence-electron chi connectivity index (χ3n) is 2.86. The third kappa shape index (κ3) is 2.19. The summed E-state index contributed by atoms with van der Waals surface area (Å²) in [6.45, 7) is 2.84. The van der Waals surface area contributed by atoms with Crippen LogP contribution in [0.4, 0.5) is 0 Å². The smallest absolute Gasteiger partial charge is 0.0983 e. The number of rotatable bonds is 1. The molecule has 1 aromatic rings. The van der Waals surface area contributed by atoms with Crippen LogP contribution < -0.4 is 0 Å². The fourth-order valence-corrected chi connectivity index (χ4v) is 2.09. The van der Waals surface area contributed by atoms with Crippen LogP contribution in [-0.4, -0.2) is 6.61 Å². The van der Waals surface area contributed by atoms with Crippen LogP contribution in [0, 0.1) is 24.2 Å². The van der Waals surface area contributed by atoms with Crippen molar-refractivity contribution in [1.29, 1.82) is 5.26 Å². The summed E-state index contributed by atoms with van der Waals surface area (Å²) in [7, 11) is 0. The van der Waals surface area contributed by atoms with E-state index in [1.807, 2.05) is 12.1 Å². The van der Waals surface area contributed by atoms with Gasteiger partial charge in [0.05, 0.1) is 18.1 Å². The molecule has 0 N–H and O–H groups in total. The van der Waals surface area contributed by atoms with Gasteiger partial charge in [0.15, 0.2) is 0 Å². The molecule has 0 spiro atoms. The maximum atomic E-state index is 9.06. The van der Waals surface area contributed by atoms with Gasteiger partial charge in [-0.15, -0.1) is 0 Å². The van der Waals surface area contributed by atoms with Crippen molar-refractivity contribution in [2.45, 2.75) is 25.9 Å². The zero-order valence-electron chi connectivity index (χ0n) is 8.94. The van der Waals surface area contributed by atoms with E-state index in [1.165, 1.54) is 5.56 Å². The molecule has 0 amide bonds. The molecule has 1 fully saturated rings. The molecule has 0 aromatic heterocycles. The zero-order valence-corrected chi connectivity index (χ0v) is 8.94. The van der Waals surface area contributed by atoms with Gasteiger partial charge in [-0.2, -0.15) is 5.26 Å². The summed E-state index contributed by atoms with van der Waals surface area (Å²) in [4.78, 5) is 0. The predicted molar refractivity (Wildman–Crippen MR) is 58.2 cm³/mol. The quantitative estimate of drug-likeness (QED) is 0.699. The molecule has 1 heterocycles. The maximum Gasteiger partial charge on any atom is 0.0983 e. The van der Waals surface area contributed by atoms with E-state index in [4.69, 9.17) is 10.00 Å². The molecule has 2 atom stereocenters. The Labute approximate surface area is 90.5 Å². The number of nitrogens with zero attached hydrogens (tertiary/aromatic N) is 1. The molecule has 0 saturated carbocycles. The Morgan fingerprint density at radius 2 is 2.33 bits per heavy atom. The number of aryl methyl sites for hydroxylation is 1. The normalized spacial score (nSPS) is 25.9. The van der Waals surface area contributed by atoms with Crippen LogP contribution in [0.3, 0.4) is 0 Å². The van der Waals surface area contributed by atoms with Crippen molar-refractivity contribution in [3.63, 3.8) is 0 Å². The molecule has 2 unspecified atom stereocenters. The van der Waals surface area contributed by atoms with Crippen LogP contribution in [0.1, 0.15) is 30.1 Å². The Kier molecular flexibility index (Phi) is 3.03. The summed E-state index contributed by atoms with van der Waals surface area (Å²) in [6.07, 6.45) is 1.93. The molecular formula is C13H15NO. The second-order valence-corrected chi connectivity index (χ2v) is 4.08. The summed E-state index contributed by atoms with van der Waals surface area (Å²) in [5, 5.41) is 9.06. The van der Waals surface area contributed by atoms with Crippen LogP contribution in [-0.2, 0) is 4.74 Å². The van der Waals surface area contributed by atoms with Crippen LogP contribution in [0.2, 0.25) is 0 Å². The van der Waals surface area contributed by atoms with Crippen molar-refractivity contribution in [2.24, 2.45) is 5.92 Å². The van der Waals surface area contributed by atoms with Gasteiger partial charge >= 0.3 is 0 Å². The first kappa shape index (κ1) is 10.2. The molecule has 1 saturated heterocycles. The van der Waals surface area contributed by atoms with Gasteiger partial charge in [-0.1, -0.05) is 29.8 Å². The molecule has 0 bridgehead atoms. The Morgan fingerprint density at radius 1 is 1.47 bits per heavy atom. The molecule has 0 radical (unpaired) electrons. The minimum absolute atomic E-state index is 0.0144. The average molecular weight is 201 g/mol. The summed E-state index contributed by atoms with van der Waals surface area (Å²) in [6, 6.07) is 10.6. The van der Waals surface area contributed by atoms with Gasteiger partial charge in [0.2, 0.25) is 0 Å². The Bertz CT molecular complexity index is 380. The van der Waals surface area contributed by atoms with Gasteiger partial charge in [-0.05, 0) is 25.3 Å². The lowest BCUT2D eigenvalue weighted by Gasteiger charge is -2.27. The summed E-state index contributed by atoms with van der Waals surface area (Å²) in [5.74, 6) is 0.0144. The maximum absolute atomic E-state index is 9.06. The molecular weight excluding hydrogens is 186 g/mol. The highest BCUT2D eigenvalue weighted by atomic mass is 16.5. The van der Waals surface area contributed by atoms with E-state index in [9.17, 15) is 0 Å². The minimum atomic E-state index is -0.0244. The lowest BCUT2D eigenvalue weighted by Crippen LogP contribution is -2.21. The highest BCUT2D eigenvalue weighted by Crippen LogP contribution is 2.33. The van der Waals surface area contributed by atoms with Gasteiger partial charge in [0, 0.05) is 6.61 Å². The predicted octanol–water partition coefficient (Wildman–Crippen LogP) is 2.99. The lowest BCUT2D eigenvalue weighted by atomic mass is 9.90. The van der Waals surface area contributed by atoms with Crippen LogP contribution in [0.15, 0.2) is 24.3 Å². The Balaban J connectivity index is 2.25. The SMILES string of the molecule is Cc1cccc(C2OCCCC2C#N)c1. The van der Waals surface area contributed by atoms with E-state index in [2.05, 4.69) is 25.1 Å². The molecule has 1 aromatic carbocycles. The first-order chi connectivity index (χ1) is 7.31. The van der Waals surface area contributed by atoms with Crippen molar-refractivity contribution < 1.29 is 4.74 Å². The van der Waals surface area contributed by atoms with Gasteiger partial charge in [0.1, 0.15) is 0 Å². The molecule has 2 rings (SSSR count). The second-order valence-electron chi connectivity index (χ2n) is 4.08. The number of hydrogen-bond donors (Lipinski definition) is 0. The molecule has 0 aliphatic carbocycles.